The maximum atomic E-state index is 13.1. The van der Waals surface area contributed by atoms with Crippen LogP contribution in [0.2, 0.25) is 5.02 Å². The molecule has 0 saturated carbocycles. The highest BCUT2D eigenvalue weighted by atomic mass is 35.5. The van der Waals surface area contributed by atoms with Crippen molar-refractivity contribution in [2.24, 2.45) is 10.7 Å². The predicted octanol–water partition coefficient (Wildman–Crippen LogP) is 3.26. The van der Waals surface area contributed by atoms with E-state index in [0.29, 0.717) is 42.2 Å². The molecule has 3 heterocycles. The Labute approximate surface area is 194 Å². The van der Waals surface area contributed by atoms with E-state index in [1.807, 2.05) is 0 Å². The fraction of sp³-hybridized carbons (Fsp3) is 0.455. The van der Waals surface area contributed by atoms with Crippen molar-refractivity contribution in [2.45, 2.75) is 50.8 Å². The third-order valence-corrected chi connectivity index (χ3v) is 6.33. The molecule has 8 nitrogen and oxygen atoms in total. The van der Waals surface area contributed by atoms with E-state index < -0.39 is 12.2 Å². The third kappa shape index (κ3) is 4.91. The van der Waals surface area contributed by atoms with Crippen LogP contribution in [0.5, 0.6) is 5.88 Å². The summed E-state index contributed by atoms with van der Waals surface area (Å²) in [7, 11) is 0. The highest BCUT2D eigenvalue weighted by Gasteiger charge is 2.41. The third-order valence-electron chi connectivity index (χ3n) is 5.88. The Kier molecular flexibility index (Phi) is 6.76. The number of hydrogen-bond acceptors (Lipinski definition) is 7. The molecule has 2 aliphatic heterocycles. The largest absolute Gasteiger partial charge is 0.415 e. The average Bonchev–Trinajstić information content (AvgIpc) is 2.76. The van der Waals surface area contributed by atoms with Crippen molar-refractivity contribution in [1.29, 1.82) is 0 Å². The van der Waals surface area contributed by atoms with E-state index in [9.17, 15) is 13.6 Å². The van der Waals surface area contributed by atoms with Crippen LogP contribution in [0.25, 0.3) is 0 Å². The Morgan fingerprint density at radius 2 is 2.03 bits per heavy atom. The van der Waals surface area contributed by atoms with Crippen molar-refractivity contribution in [1.82, 2.24) is 14.9 Å². The summed E-state index contributed by atoms with van der Waals surface area (Å²) in [4.78, 5) is 27.3. The monoisotopic (exact) mass is 479 g/mol. The van der Waals surface area contributed by atoms with E-state index in [2.05, 4.69) is 19.7 Å². The molecule has 1 atom stereocenters. The molecule has 1 aromatic heterocycles. The molecule has 1 amide bonds. The van der Waals surface area contributed by atoms with Crippen molar-refractivity contribution in [2.75, 3.05) is 13.2 Å². The molecule has 4 rings (SSSR count). The lowest BCUT2D eigenvalue weighted by molar-refractivity contribution is -0.132. The van der Waals surface area contributed by atoms with Gasteiger partial charge in [-0.05, 0) is 30.9 Å². The van der Waals surface area contributed by atoms with Crippen LogP contribution in [0.4, 0.5) is 8.78 Å². The summed E-state index contributed by atoms with van der Waals surface area (Å²) in [6.07, 6.45) is 4.28. The first-order valence-corrected chi connectivity index (χ1v) is 10.9. The predicted molar refractivity (Wildman–Crippen MR) is 117 cm³/mol. The van der Waals surface area contributed by atoms with Gasteiger partial charge >= 0.3 is 6.61 Å². The highest BCUT2D eigenvalue weighted by molar-refractivity contribution is 6.32. The van der Waals surface area contributed by atoms with Gasteiger partial charge < -0.3 is 15.2 Å². The van der Waals surface area contributed by atoms with Gasteiger partial charge in [0.1, 0.15) is 5.69 Å². The first kappa shape index (κ1) is 23.3. The molecule has 1 fully saturated rings. The maximum absolute atomic E-state index is 13.1. The van der Waals surface area contributed by atoms with Crippen LogP contribution in [0.1, 0.15) is 43.0 Å². The van der Waals surface area contributed by atoms with E-state index in [4.69, 9.17) is 22.1 Å². The average molecular weight is 480 g/mol. The number of aromatic nitrogens is 2. The molecule has 1 aromatic carbocycles. The minimum Gasteiger partial charge on any atom is -0.415 e. The maximum Gasteiger partial charge on any atom is 0.388 e. The zero-order valence-corrected chi connectivity index (χ0v) is 18.8. The van der Waals surface area contributed by atoms with E-state index in [0.717, 1.165) is 0 Å². The molecule has 2 N–H and O–H groups in total. The van der Waals surface area contributed by atoms with Crippen LogP contribution < -0.4 is 10.5 Å². The van der Waals surface area contributed by atoms with Crippen LogP contribution in [0, 0.1) is 0 Å². The molecule has 2 aliphatic rings. The van der Waals surface area contributed by atoms with Crippen molar-refractivity contribution in [3.8, 4) is 5.88 Å². The molecule has 0 bridgehead atoms. The van der Waals surface area contributed by atoms with Gasteiger partial charge in [-0.3, -0.25) is 14.7 Å². The van der Waals surface area contributed by atoms with Crippen LogP contribution in [-0.2, 0) is 21.5 Å². The van der Waals surface area contributed by atoms with Crippen molar-refractivity contribution in [3.63, 3.8) is 0 Å². The zero-order chi connectivity index (χ0) is 23.6. The van der Waals surface area contributed by atoms with Crippen LogP contribution in [0.15, 0.2) is 35.6 Å². The van der Waals surface area contributed by atoms with Gasteiger partial charge in [-0.2, -0.15) is 8.78 Å². The quantitative estimate of drug-likeness (QED) is 0.682. The zero-order valence-electron chi connectivity index (χ0n) is 18.0. The summed E-state index contributed by atoms with van der Waals surface area (Å²) in [5.41, 5.74) is 6.73. The second kappa shape index (κ2) is 9.56. The van der Waals surface area contributed by atoms with Gasteiger partial charge in [0.2, 0.25) is 11.8 Å². The lowest BCUT2D eigenvalue weighted by Crippen LogP contribution is -2.55. The summed E-state index contributed by atoms with van der Waals surface area (Å²) in [6, 6.07) is 5.27. The lowest BCUT2D eigenvalue weighted by atomic mass is 9.85. The van der Waals surface area contributed by atoms with Gasteiger partial charge in [-0.15, -0.1) is 0 Å². The van der Waals surface area contributed by atoms with Crippen LogP contribution in [-0.4, -0.2) is 52.6 Å². The Bertz CT molecular complexity index is 1060. The highest BCUT2D eigenvalue weighted by Crippen LogP contribution is 2.40. The van der Waals surface area contributed by atoms with Crippen molar-refractivity contribution in [3.05, 3.63) is 52.4 Å². The smallest absolute Gasteiger partial charge is 0.388 e. The molecular weight excluding hydrogens is 456 g/mol. The molecule has 0 spiro atoms. The van der Waals surface area contributed by atoms with Gasteiger partial charge in [0.25, 0.3) is 0 Å². The molecule has 2 aromatic rings. The van der Waals surface area contributed by atoms with Crippen molar-refractivity contribution >= 4 is 23.5 Å². The number of halogens is 3. The summed E-state index contributed by atoms with van der Waals surface area (Å²) in [5.74, 6) is -0.231. The molecule has 0 aliphatic carbocycles. The standard InChI is InChI=1S/C22H24ClF2N5O3/c1-22(12-17(31)30(21(26)29-22)14-5-9-32-10-6-14)15-4-2-3-13(18(15)23)11-16-19(33-20(24)25)28-8-7-27-16/h2-4,7-8,14,20H,5-6,9-12H2,1H3,(H2,26,29)/t22-/m0/s1. The second-order valence-electron chi connectivity index (χ2n) is 8.17. The van der Waals surface area contributed by atoms with E-state index >= 15 is 0 Å². The topological polar surface area (TPSA) is 103 Å². The summed E-state index contributed by atoms with van der Waals surface area (Å²) in [6.45, 7) is -0.0677. The Morgan fingerprint density at radius 3 is 2.73 bits per heavy atom. The number of benzene rings is 1. The summed E-state index contributed by atoms with van der Waals surface area (Å²) in [5, 5.41) is 0.359. The molecule has 33 heavy (non-hydrogen) atoms. The van der Waals surface area contributed by atoms with Crippen LogP contribution in [0.3, 0.4) is 0 Å². The van der Waals surface area contributed by atoms with Crippen molar-refractivity contribution < 1.29 is 23.0 Å². The number of amides is 1. The number of aliphatic imine (C=N–C) groups is 1. The summed E-state index contributed by atoms with van der Waals surface area (Å²) < 4.78 is 35.3. The molecule has 176 valence electrons. The minimum atomic E-state index is -3.02. The minimum absolute atomic E-state index is 0.0359. The lowest BCUT2D eigenvalue weighted by Gasteiger charge is -2.40. The van der Waals surface area contributed by atoms with Gasteiger partial charge in [0, 0.05) is 43.1 Å². The van der Waals surface area contributed by atoms with Gasteiger partial charge in [-0.1, -0.05) is 29.8 Å². The molecule has 0 radical (unpaired) electrons. The number of carbonyl (C=O) groups excluding carboxylic acids is 1. The number of guanidine groups is 1. The Morgan fingerprint density at radius 1 is 1.30 bits per heavy atom. The number of ether oxygens (including phenoxy) is 2. The number of nitrogens with zero attached hydrogens (tertiary/aromatic N) is 4. The number of carbonyl (C=O) groups is 1. The first-order chi connectivity index (χ1) is 15.8. The SMILES string of the molecule is C[C@@]1(c2cccc(Cc3nccnc3OC(F)F)c2Cl)CC(=O)N(C2CCOCC2)C(N)=N1. The number of rotatable bonds is 6. The molecule has 1 saturated heterocycles. The summed E-state index contributed by atoms with van der Waals surface area (Å²) >= 11 is 6.73. The van der Waals surface area contributed by atoms with Gasteiger partial charge in [0.05, 0.1) is 12.0 Å². The fourth-order valence-electron chi connectivity index (χ4n) is 4.31. The van der Waals surface area contributed by atoms with Gasteiger partial charge in [0.15, 0.2) is 5.96 Å². The number of alkyl halides is 2. The van der Waals surface area contributed by atoms with Gasteiger partial charge in [-0.25, -0.2) is 9.98 Å². The van der Waals surface area contributed by atoms with E-state index in [-0.39, 0.29) is 42.3 Å². The first-order valence-electron chi connectivity index (χ1n) is 10.6. The van der Waals surface area contributed by atoms with E-state index in [1.165, 1.54) is 12.4 Å². The Balaban J connectivity index is 1.64. The van der Waals surface area contributed by atoms with Crippen LogP contribution >= 0.6 is 11.6 Å². The molecule has 0 unspecified atom stereocenters. The molecular formula is C22H24ClF2N5O3. The number of hydrogen-bond donors (Lipinski definition) is 1. The normalized spacial score (nSPS) is 21.9. The molecule has 11 heteroatoms. The van der Waals surface area contributed by atoms with E-state index in [1.54, 1.807) is 30.0 Å². The second-order valence-corrected chi connectivity index (χ2v) is 8.55. The Hall–Kier alpha value is -2.85. The number of nitrogens with two attached hydrogens (primary N) is 1. The fourth-order valence-corrected chi connectivity index (χ4v) is 4.71.